The van der Waals surface area contributed by atoms with Gasteiger partial charge < -0.3 is 9.67 Å². The lowest BCUT2D eigenvalue weighted by atomic mass is 9.76. The lowest BCUT2D eigenvalue weighted by Gasteiger charge is -2.33. The lowest BCUT2D eigenvalue weighted by Crippen LogP contribution is -2.31. The van der Waals surface area contributed by atoms with Crippen LogP contribution in [0, 0.1) is 11.8 Å². The predicted octanol–water partition coefficient (Wildman–Crippen LogP) is 2.02. The molecule has 0 spiro atoms. The second-order valence-corrected chi connectivity index (χ2v) is 4.18. The Morgan fingerprint density at radius 2 is 2.50 bits per heavy atom. The highest BCUT2D eigenvalue weighted by molar-refractivity contribution is 5.86. The van der Waals surface area contributed by atoms with Crippen LogP contribution in [0.2, 0.25) is 0 Å². The van der Waals surface area contributed by atoms with E-state index in [4.69, 9.17) is 5.11 Å². The first kappa shape index (κ1) is 10.8. The zero-order chi connectivity index (χ0) is 11.6. The van der Waals surface area contributed by atoms with Gasteiger partial charge >= 0.3 is 5.97 Å². The highest BCUT2D eigenvalue weighted by atomic mass is 16.4. The van der Waals surface area contributed by atoms with Crippen LogP contribution >= 0.6 is 0 Å². The molecule has 3 heteroatoms. The second-order valence-electron chi connectivity index (χ2n) is 4.18. The van der Waals surface area contributed by atoms with Crippen LogP contribution in [-0.2, 0) is 16.8 Å². The van der Waals surface area contributed by atoms with Crippen molar-refractivity contribution in [3.05, 3.63) is 24.0 Å². The molecule has 0 unspecified atom stereocenters. The summed E-state index contributed by atoms with van der Waals surface area (Å²) in [5.74, 6) is 4.20. The maximum atomic E-state index is 10.6. The number of hydrogen-bond acceptors (Lipinski definition) is 1. The van der Waals surface area contributed by atoms with Gasteiger partial charge in [0, 0.05) is 24.4 Å². The van der Waals surface area contributed by atoms with Gasteiger partial charge in [-0.25, -0.2) is 4.79 Å². The molecular formula is C13H15NO2. The van der Waals surface area contributed by atoms with E-state index in [2.05, 4.69) is 29.4 Å². The molecule has 1 atom stereocenters. The normalized spacial score (nSPS) is 23.1. The molecule has 0 amide bonds. The Labute approximate surface area is 95.1 Å². The van der Waals surface area contributed by atoms with E-state index in [9.17, 15) is 4.79 Å². The number of nitrogens with zero attached hydrogens (tertiary/aromatic N) is 1. The Hall–Kier alpha value is -1.69. The molecule has 1 aliphatic rings. The highest BCUT2D eigenvalue weighted by Gasteiger charge is 2.33. The Morgan fingerprint density at radius 3 is 3.19 bits per heavy atom. The molecule has 0 fully saturated rings. The molecule has 2 heterocycles. The second kappa shape index (κ2) is 4.05. The maximum Gasteiger partial charge on any atom is 0.381 e. The fraction of sp³-hybridized carbons (Fsp3) is 0.462. The number of fused-ring (bicyclic) bond motifs is 1. The zero-order valence-corrected chi connectivity index (χ0v) is 9.36. The Morgan fingerprint density at radius 1 is 1.69 bits per heavy atom. The largest absolute Gasteiger partial charge is 0.472 e. The van der Waals surface area contributed by atoms with Crippen LogP contribution < -0.4 is 0 Å². The molecule has 0 bridgehead atoms. The van der Waals surface area contributed by atoms with Crippen LogP contribution in [0.25, 0.3) is 0 Å². The summed E-state index contributed by atoms with van der Waals surface area (Å²) in [6, 6.07) is 4.06. The topological polar surface area (TPSA) is 42.2 Å². The van der Waals surface area contributed by atoms with Crippen molar-refractivity contribution >= 4 is 5.97 Å². The summed E-state index contributed by atoms with van der Waals surface area (Å²) < 4.78 is 2.18. The average Bonchev–Trinajstić information content (AvgIpc) is 2.75. The molecule has 84 valence electrons. The van der Waals surface area contributed by atoms with Gasteiger partial charge in [-0.1, -0.05) is 12.8 Å². The highest BCUT2D eigenvalue weighted by Crippen LogP contribution is 2.36. The fourth-order valence-corrected chi connectivity index (χ4v) is 2.47. The molecule has 0 saturated heterocycles. The predicted molar refractivity (Wildman–Crippen MR) is 61.0 cm³/mol. The van der Waals surface area contributed by atoms with Crippen molar-refractivity contribution in [2.24, 2.45) is 0 Å². The van der Waals surface area contributed by atoms with Gasteiger partial charge in [0.05, 0.1) is 5.41 Å². The van der Waals surface area contributed by atoms with Crippen LogP contribution in [0.3, 0.4) is 0 Å². The average molecular weight is 217 g/mol. The number of hydrogen-bond donors (Lipinski definition) is 1. The van der Waals surface area contributed by atoms with Gasteiger partial charge in [0.15, 0.2) is 0 Å². The Balaban J connectivity index is 2.45. The number of carboxylic acids is 1. The summed E-state index contributed by atoms with van der Waals surface area (Å²) in [6.45, 7) is 3.08. The monoisotopic (exact) mass is 217 g/mol. The number of aliphatic carboxylic acids is 1. The fourth-order valence-electron chi connectivity index (χ4n) is 2.47. The zero-order valence-electron chi connectivity index (χ0n) is 9.36. The van der Waals surface area contributed by atoms with Crippen molar-refractivity contribution in [3.8, 4) is 11.8 Å². The van der Waals surface area contributed by atoms with Crippen LogP contribution in [-0.4, -0.2) is 15.6 Å². The van der Waals surface area contributed by atoms with Crippen molar-refractivity contribution in [2.75, 3.05) is 0 Å². The molecule has 0 saturated carbocycles. The molecule has 1 aromatic rings. The van der Waals surface area contributed by atoms with Crippen molar-refractivity contribution in [1.29, 1.82) is 0 Å². The first-order valence-electron chi connectivity index (χ1n) is 5.60. The number of aromatic nitrogens is 1. The van der Waals surface area contributed by atoms with Gasteiger partial charge in [-0.15, -0.1) is 0 Å². The third kappa shape index (κ3) is 1.71. The van der Waals surface area contributed by atoms with Gasteiger partial charge in [-0.2, -0.15) is 0 Å². The number of carboxylic acid groups (broad SMARTS) is 1. The Bertz CT molecular complexity index is 464. The van der Waals surface area contributed by atoms with Gasteiger partial charge in [-0.3, -0.25) is 0 Å². The van der Waals surface area contributed by atoms with Crippen LogP contribution in [0.15, 0.2) is 18.3 Å². The summed E-state index contributed by atoms with van der Waals surface area (Å²) in [7, 11) is 0. The van der Waals surface area contributed by atoms with E-state index in [1.54, 1.807) is 0 Å². The van der Waals surface area contributed by atoms with E-state index >= 15 is 0 Å². The third-order valence-corrected chi connectivity index (χ3v) is 3.33. The smallest absolute Gasteiger partial charge is 0.381 e. The standard InChI is InChI=1S/C13H15NO2/c1-2-13(8-6-12(15)16)7-4-10-14-9-3-5-11(13)14/h3,5,9H,2,4,7,10H2,1H3,(H,15,16)/t13-/m0/s1. The van der Waals surface area contributed by atoms with Crippen molar-refractivity contribution < 1.29 is 9.90 Å². The molecule has 0 radical (unpaired) electrons. The quantitative estimate of drug-likeness (QED) is 0.731. The van der Waals surface area contributed by atoms with Crippen molar-refractivity contribution in [2.45, 2.75) is 38.1 Å². The van der Waals surface area contributed by atoms with Crippen LogP contribution in [0.5, 0.6) is 0 Å². The molecule has 1 N–H and O–H groups in total. The van der Waals surface area contributed by atoms with E-state index < -0.39 is 5.97 Å². The van der Waals surface area contributed by atoms with E-state index in [0.717, 1.165) is 31.5 Å². The van der Waals surface area contributed by atoms with E-state index in [-0.39, 0.29) is 5.41 Å². The number of rotatable bonds is 1. The Kier molecular flexibility index (Phi) is 2.74. The minimum absolute atomic E-state index is 0.264. The van der Waals surface area contributed by atoms with E-state index in [1.165, 1.54) is 0 Å². The van der Waals surface area contributed by atoms with E-state index in [1.807, 2.05) is 12.3 Å². The molecule has 0 aromatic carbocycles. The van der Waals surface area contributed by atoms with Crippen molar-refractivity contribution in [1.82, 2.24) is 4.57 Å². The molecule has 1 aliphatic heterocycles. The molecular weight excluding hydrogens is 202 g/mol. The summed E-state index contributed by atoms with van der Waals surface area (Å²) in [4.78, 5) is 10.6. The first-order chi connectivity index (χ1) is 7.68. The van der Waals surface area contributed by atoms with Crippen LogP contribution in [0.1, 0.15) is 31.9 Å². The van der Waals surface area contributed by atoms with E-state index in [0.29, 0.717) is 0 Å². The summed E-state index contributed by atoms with van der Waals surface area (Å²) in [6.07, 6.45) is 4.91. The van der Waals surface area contributed by atoms with Gasteiger partial charge in [0.2, 0.25) is 0 Å². The lowest BCUT2D eigenvalue weighted by molar-refractivity contribution is -0.130. The van der Waals surface area contributed by atoms with Gasteiger partial charge in [0.1, 0.15) is 0 Å². The minimum Gasteiger partial charge on any atom is -0.472 e. The van der Waals surface area contributed by atoms with Gasteiger partial charge in [-0.05, 0) is 31.4 Å². The number of carbonyl (C=O) groups is 1. The molecule has 1 aromatic heterocycles. The molecule has 3 nitrogen and oxygen atoms in total. The maximum absolute atomic E-state index is 10.6. The van der Waals surface area contributed by atoms with Crippen molar-refractivity contribution in [3.63, 3.8) is 0 Å². The third-order valence-electron chi connectivity index (χ3n) is 3.33. The first-order valence-corrected chi connectivity index (χ1v) is 5.60. The summed E-state index contributed by atoms with van der Waals surface area (Å²) >= 11 is 0. The SMILES string of the molecule is CC[C@@]1(C#CC(=O)O)CCCn2cccc21. The molecule has 0 aliphatic carbocycles. The van der Waals surface area contributed by atoms with Crippen LogP contribution in [0.4, 0.5) is 0 Å². The number of aryl methyl sites for hydroxylation is 1. The molecule has 2 rings (SSSR count). The summed E-state index contributed by atoms with van der Waals surface area (Å²) in [5.41, 5.74) is 0.898. The van der Waals surface area contributed by atoms with Gasteiger partial charge in [0.25, 0.3) is 0 Å². The summed E-state index contributed by atoms with van der Waals surface area (Å²) in [5, 5.41) is 8.67. The minimum atomic E-state index is -1.04. The molecule has 16 heavy (non-hydrogen) atoms.